The second-order valence-corrected chi connectivity index (χ2v) is 6.43. The predicted molar refractivity (Wildman–Crippen MR) is 81.8 cm³/mol. The van der Waals surface area contributed by atoms with Crippen molar-refractivity contribution in [2.24, 2.45) is 0 Å². The minimum absolute atomic E-state index is 0.0123. The highest BCUT2D eigenvalue weighted by Crippen LogP contribution is 2.21. The van der Waals surface area contributed by atoms with Gasteiger partial charge in [0.25, 0.3) is 9.84 Å². The molecule has 0 atom stereocenters. The zero-order valence-electron chi connectivity index (χ0n) is 11.9. The van der Waals surface area contributed by atoms with E-state index in [1.807, 2.05) is 18.2 Å². The predicted octanol–water partition coefficient (Wildman–Crippen LogP) is 1.95. The third-order valence-electron chi connectivity index (χ3n) is 3.06. The van der Waals surface area contributed by atoms with Crippen LogP contribution in [-0.4, -0.2) is 30.8 Å². The molecule has 0 amide bonds. The van der Waals surface area contributed by atoms with E-state index in [1.165, 1.54) is 6.92 Å². The van der Waals surface area contributed by atoms with E-state index in [4.69, 9.17) is 5.53 Å². The lowest BCUT2D eigenvalue weighted by molar-refractivity contribution is -0.138. The maximum atomic E-state index is 12.3. The van der Waals surface area contributed by atoms with E-state index in [9.17, 15) is 13.2 Å². The molecule has 0 unspecified atom stereocenters. The molecule has 7 heteroatoms. The van der Waals surface area contributed by atoms with Gasteiger partial charge in [0.1, 0.15) is 0 Å². The molecule has 0 bridgehead atoms. The number of hydrogen-bond donors (Lipinski definition) is 0. The van der Waals surface area contributed by atoms with Gasteiger partial charge in [0.05, 0.1) is 12.4 Å². The van der Waals surface area contributed by atoms with Crippen molar-refractivity contribution >= 4 is 31.6 Å². The number of fused-ring (bicyclic) bond motifs is 1. The van der Waals surface area contributed by atoms with Crippen LogP contribution in [0.25, 0.3) is 16.3 Å². The monoisotopic (exact) mass is 318 g/mol. The maximum absolute atomic E-state index is 12.3. The van der Waals surface area contributed by atoms with Crippen molar-refractivity contribution in [1.82, 2.24) is 0 Å². The molecule has 0 spiro atoms. The van der Waals surface area contributed by atoms with Crippen LogP contribution in [0.5, 0.6) is 0 Å². The van der Waals surface area contributed by atoms with Crippen LogP contribution < -0.4 is 0 Å². The van der Waals surface area contributed by atoms with Crippen LogP contribution in [0.15, 0.2) is 42.5 Å². The Bertz CT molecular complexity index is 863. The molecular formula is C15H14N2O4S. The number of benzene rings is 2. The van der Waals surface area contributed by atoms with Crippen molar-refractivity contribution < 1.29 is 22.7 Å². The Morgan fingerprint density at radius 1 is 1.18 bits per heavy atom. The van der Waals surface area contributed by atoms with Crippen LogP contribution in [0.3, 0.4) is 0 Å². The molecule has 0 aliphatic carbocycles. The molecule has 6 nitrogen and oxygen atoms in total. The molecule has 0 fully saturated rings. The van der Waals surface area contributed by atoms with E-state index in [0.717, 1.165) is 10.8 Å². The van der Waals surface area contributed by atoms with Crippen molar-refractivity contribution in [3.63, 3.8) is 0 Å². The van der Waals surface area contributed by atoms with Gasteiger partial charge in [-0.05, 0) is 23.3 Å². The van der Waals surface area contributed by atoms with Gasteiger partial charge in [-0.25, -0.2) is 13.2 Å². The van der Waals surface area contributed by atoms with E-state index in [1.54, 1.807) is 24.3 Å². The first kappa shape index (κ1) is 15.9. The molecule has 0 radical (unpaired) electrons. The average Bonchev–Trinajstić information content (AvgIpc) is 2.48. The number of nitrogens with zero attached hydrogens (tertiary/aromatic N) is 2. The number of rotatable bonds is 3. The summed E-state index contributed by atoms with van der Waals surface area (Å²) in [7, 11) is -4.11. The molecule has 2 aromatic carbocycles. The van der Waals surface area contributed by atoms with Gasteiger partial charge in [-0.3, -0.25) is 0 Å². The summed E-state index contributed by atoms with van der Waals surface area (Å²) in [6.45, 7) is 1.52. The Kier molecular flexibility index (Phi) is 4.70. The normalized spacial score (nSPS) is 11.0. The number of sulfone groups is 1. The number of carbonyl (C=O) groups excluding carboxylic acids is 1. The number of ether oxygens (including phenoxy) is 1. The van der Waals surface area contributed by atoms with Gasteiger partial charge < -0.3 is 10.3 Å². The van der Waals surface area contributed by atoms with Crippen LogP contribution >= 0.6 is 0 Å². The average molecular weight is 318 g/mol. The van der Waals surface area contributed by atoms with Crippen molar-refractivity contribution in [2.75, 3.05) is 6.61 Å². The Hall–Kier alpha value is -2.50. The quantitative estimate of drug-likeness (QED) is 0.284. The van der Waals surface area contributed by atoms with Crippen molar-refractivity contribution in [2.45, 2.75) is 12.7 Å². The van der Waals surface area contributed by atoms with E-state index >= 15 is 0 Å². The van der Waals surface area contributed by atoms with E-state index in [2.05, 4.69) is 9.53 Å². The highest BCUT2D eigenvalue weighted by atomic mass is 32.2. The second-order valence-electron chi connectivity index (χ2n) is 4.52. The highest BCUT2D eigenvalue weighted by molar-refractivity contribution is 8.07. The molecule has 0 N–H and O–H groups in total. The van der Waals surface area contributed by atoms with Crippen LogP contribution in [-0.2, 0) is 25.1 Å². The molecule has 2 rings (SSSR count). The van der Waals surface area contributed by atoms with E-state index in [0.29, 0.717) is 5.56 Å². The fourth-order valence-corrected chi connectivity index (χ4v) is 3.35. The van der Waals surface area contributed by atoms with Gasteiger partial charge >= 0.3 is 11.0 Å². The van der Waals surface area contributed by atoms with Gasteiger partial charge in [-0.2, -0.15) is 0 Å². The second kappa shape index (κ2) is 6.51. The lowest BCUT2D eigenvalue weighted by Crippen LogP contribution is -2.28. The van der Waals surface area contributed by atoms with E-state index in [-0.39, 0.29) is 6.61 Å². The van der Waals surface area contributed by atoms with Gasteiger partial charge in [-0.1, -0.05) is 42.5 Å². The van der Waals surface area contributed by atoms with Gasteiger partial charge in [0.2, 0.25) is 0 Å². The SMILES string of the molecule is CCOC(=O)C(=[N+]=[N-])S(=O)(=O)Cc1cccc2ccccc12. The Morgan fingerprint density at radius 2 is 1.86 bits per heavy atom. The fraction of sp³-hybridized carbons (Fsp3) is 0.200. The standard InChI is InChI=1S/C15H14N2O4S/c1-2-21-15(18)14(17-16)22(19,20)10-12-8-5-7-11-6-3-4-9-13(11)12/h3-9H,2,10H2,1H3. The molecule has 0 aliphatic heterocycles. The third-order valence-corrected chi connectivity index (χ3v) is 4.59. The molecule has 114 valence electrons. The zero-order valence-corrected chi connectivity index (χ0v) is 12.7. The number of esters is 1. The van der Waals surface area contributed by atoms with Crippen LogP contribution in [0.2, 0.25) is 0 Å². The van der Waals surface area contributed by atoms with Crippen molar-refractivity contribution in [3.05, 3.63) is 53.6 Å². The number of hydrogen-bond acceptors (Lipinski definition) is 4. The molecule has 0 aliphatic rings. The summed E-state index contributed by atoms with van der Waals surface area (Å²) >= 11 is 0. The molecule has 2 aromatic rings. The third kappa shape index (κ3) is 3.21. The zero-order chi connectivity index (χ0) is 16.2. The lowest BCUT2D eigenvalue weighted by Gasteiger charge is -2.05. The van der Waals surface area contributed by atoms with Gasteiger partial charge in [0.15, 0.2) is 0 Å². The summed E-state index contributed by atoms with van der Waals surface area (Å²) in [4.78, 5) is 14.2. The van der Waals surface area contributed by atoms with Crippen molar-refractivity contribution in [1.29, 1.82) is 0 Å². The Balaban J connectivity index is 2.43. The summed E-state index contributed by atoms with van der Waals surface area (Å²) < 4.78 is 29.2. The summed E-state index contributed by atoms with van der Waals surface area (Å²) in [6, 6.07) is 12.5. The molecular weight excluding hydrogens is 304 g/mol. The molecule has 0 heterocycles. The summed E-state index contributed by atoms with van der Waals surface area (Å²) in [5, 5.41) is 0.658. The minimum Gasteiger partial charge on any atom is -0.457 e. The smallest absolute Gasteiger partial charge is 0.457 e. The first-order valence-electron chi connectivity index (χ1n) is 6.58. The number of carbonyl (C=O) groups is 1. The molecule has 0 aromatic heterocycles. The van der Waals surface area contributed by atoms with Crippen LogP contribution in [0.4, 0.5) is 0 Å². The summed E-state index contributed by atoms with van der Waals surface area (Å²) in [5.41, 5.74) is 9.38. The fourth-order valence-electron chi connectivity index (χ4n) is 2.11. The highest BCUT2D eigenvalue weighted by Gasteiger charge is 2.37. The van der Waals surface area contributed by atoms with Crippen LogP contribution in [0.1, 0.15) is 12.5 Å². The Morgan fingerprint density at radius 3 is 2.55 bits per heavy atom. The largest absolute Gasteiger partial charge is 0.489 e. The first-order chi connectivity index (χ1) is 10.5. The summed E-state index contributed by atoms with van der Waals surface area (Å²) in [6.07, 6.45) is 0. The molecule has 0 saturated heterocycles. The first-order valence-corrected chi connectivity index (χ1v) is 8.23. The van der Waals surface area contributed by atoms with Gasteiger partial charge in [0, 0.05) is 0 Å². The van der Waals surface area contributed by atoms with E-state index < -0.39 is 26.6 Å². The maximum Gasteiger partial charge on any atom is 0.489 e. The Labute approximate surface area is 127 Å². The summed E-state index contributed by atoms with van der Waals surface area (Å²) in [5.74, 6) is -1.61. The molecule has 22 heavy (non-hydrogen) atoms. The topological polar surface area (TPSA) is 96.8 Å². The minimum atomic E-state index is -4.11. The van der Waals surface area contributed by atoms with Gasteiger partial charge in [-0.15, -0.1) is 4.79 Å². The van der Waals surface area contributed by atoms with Crippen molar-refractivity contribution in [3.8, 4) is 0 Å². The molecule has 0 saturated carbocycles. The lowest BCUT2D eigenvalue weighted by atomic mass is 10.1. The van der Waals surface area contributed by atoms with Crippen LogP contribution in [0, 0.1) is 0 Å².